The Balaban J connectivity index is 2.33. The van der Waals surface area contributed by atoms with E-state index in [1.54, 1.807) is 18.5 Å². The summed E-state index contributed by atoms with van der Waals surface area (Å²) >= 11 is 5.87. The molecule has 2 rings (SSSR count). The summed E-state index contributed by atoms with van der Waals surface area (Å²) in [7, 11) is 0. The molecular weight excluding hydrogens is 238 g/mol. The normalized spacial score (nSPS) is 12.6. The standard InChI is InChI=1S/C11H14ClN5/c1-2-17-7-9(6-15-17)11(16-13)8-3-4-14-10(12)5-8/h3-7,11,16H,2,13H2,1H3. The summed E-state index contributed by atoms with van der Waals surface area (Å²) in [6.07, 6.45) is 5.41. The van der Waals surface area contributed by atoms with E-state index in [-0.39, 0.29) is 6.04 Å². The molecule has 0 spiro atoms. The lowest BCUT2D eigenvalue weighted by Gasteiger charge is -2.14. The van der Waals surface area contributed by atoms with Gasteiger partial charge in [0.2, 0.25) is 0 Å². The lowest BCUT2D eigenvalue weighted by molar-refractivity contribution is 0.629. The van der Waals surface area contributed by atoms with Gasteiger partial charge in [0.25, 0.3) is 0 Å². The van der Waals surface area contributed by atoms with Crippen LogP contribution in [0.2, 0.25) is 5.15 Å². The van der Waals surface area contributed by atoms with Crippen molar-refractivity contribution >= 4 is 11.6 Å². The lowest BCUT2D eigenvalue weighted by atomic mass is 10.0. The van der Waals surface area contributed by atoms with Crippen molar-refractivity contribution in [2.75, 3.05) is 0 Å². The van der Waals surface area contributed by atoms with Crippen LogP contribution in [0.15, 0.2) is 30.7 Å². The highest BCUT2D eigenvalue weighted by Crippen LogP contribution is 2.22. The topological polar surface area (TPSA) is 68.8 Å². The first-order chi connectivity index (χ1) is 8.24. The summed E-state index contributed by atoms with van der Waals surface area (Å²) in [5, 5.41) is 4.67. The van der Waals surface area contributed by atoms with Crippen molar-refractivity contribution in [3.05, 3.63) is 47.0 Å². The van der Waals surface area contributed by atoms with Crippen LogP contribution in [0, 0.1) is 0 Å². The Hall–Kier alpha value is -1.43. The van der Waals surface area contributed by atoms with E-state index < -0.39 is 0 Å². The highest BCUT2D eigenvalue weighted by atomic mass is 35.5. The van der Waals surface area contributed by atoms with Gasteiger partial charge in [-0.25, -0.2) is 10.4 Å². The number of rotatable bonds is 4. The van der Waals surface area contributed by atoms with Gasteiger partial charge in [-0.1, -0.05) is 11.6 Å². The zero-order chi connectivity index (χ0) is 12.3. The number of nitrogens with two attached hydrogens (primary N) is 1. The first-order valence-corrected chi connectivity index (χ1v) is 5.72. The molecule has 0 amide bonds. The minimum Gasteiger partial charge on any atom is -0.273 e. The molecule has 0 aliphatic rings. The summed E-state index contributed by atoms with van der Waals surface area (Å²) in [4.78, 5) is 3.95. The minimum atomic E-state index is -0.129. The molecule has 0 radical (unpaired) electrons. The fraction of sp³-hybridized carbons (Fsp3) is 0.273. The fourth-order valence-electron chi connectivity index (χ4n) is 1.68. The smallest absolute Gasteiger partial charge is 0.129 e. The third-order valence-corrected chi connectivity index (χ3v) is 2.77. The van der Waals surface area contributed by atoms with Crippen molar-refractivity contribution in [2.45, 2.75) is 19.5 Å². The quantitative estimate of drug-likeness (QED) is 0.491. The molecule has 2 aromatic rings. The van der Waals surface area contributed by atoms with Crippen molar-refractivity contribution in [3.63, 3.8) is 0 Å². The number of nitrogens with one attached hydrogen (secondary N) is 1. The molecule has 3 N–H and O–H groups in total. The molecule has 0 aromatic carbocycles. The van der Waals surface area contributed by atoms with Crippen LogP contribution in [0.4, 0.5) is 0 Å². The highest BCUT2D eigenvalue weighted by molar-refractivity contribution is 6.29. The molecule has 17 heavy (non-hydrogen) atoms. The summed E-state index contributed by atoms with van der Waals surface area (Å²) in [5.41, 5.74) is 4.72. The lowest BCUT2D eigenvalue weighted by Crippen LogP contribution is -2.28. The van der Waals surface area contributed by atoms with Crippen molar-refractivity contribution in [2.24, 2.45) is 5.84 Å². The molecule has 1 unspecified atom stereocenters. The number of aromatic nitrogens is 3. The van der Waals surface area contributed by atoms with Crippen molar-refractivity contribution in [1.29, 1.82) is 0 Å². The predicted molar refractivity (Wildman–Crippen MR) is 66.3 cm³/mol. The number of hydrogen-bond acceptors (Lipinski definition) is 4. The third-order valence-electron chi connectivity index (χ3n) is 2.56. The maximum atomic E-state index is 5.87. The van der Waals surface area contributed by atoms with Gasteiger partial charge in [-0.2, -0.15) is 5.10 Å². The van der Waals surface area contributed by atoms with Crippen LogP contribution in [0.3, 0.4) is 0 Å². The van der Waals surface area contributed by atoms with Gasteiger partial charge < -0.3 is 0 Å². The van der Waals surface area contributed by atoms with Crippen LogP contribution in [0.25, 0.3) is 0 Å². The summed E-state index contributed by atoms with van der Waals surface area (Å²) in [6.45, 7) is 2.86. The van der Waals surface area contributed by atoms with E-state index in [9.17, 15) is 0 Å². The van der Waals surface area contributed by atoms with Crippen LogP contribution in [-0.2, 0) is 6.54 Å². The molecular formula is C11H14ClN5. The maximum Gasteiger partial charge on any atom is 0.129 e. The van der Waals surface area contributed by atoms with E-state index in [0.29, 0.717) is 5.15 Å². The second kappa shape index (κ2) is 5.27. The van der Waals surface area contributed by atoms with Crippen molar-refractivity contribution < 1.29 is 0 Å². The SMILES string of the molecule is CCn1cc(C(NN)c2ccnc(Cl)c2)cn1. The minimum absolute atomic E-state index is 0.129. The van der Waals surface area contributed by atoms with Crippen LogP contribution >= 0.6 is 11.6 Å². The monoisotopic (exact) mass is 251 g/mol. The fourth-order valence-corrected chi connectivity index (χ4v) is 1.87. The summed E-state index contributed by atoms with van der Waals surface area (Å²) in [5.74, 6) is 5.59. The Morgan fingerprint density at radius 3 is 2.94 bits per heavy atom. The average molecular weight is 252 g/mol. The van der Waals surface area contributed by atoms with E-state index in [2.05, 4.69) is 15.5 Å². The first-order valence-electron chi connectivity index (χ1n) is 5.34. The Kier molecular flexibility index (Phi) is 3.73. The number of hydrazine groups is 1. The predicted octanol–water partition coefficient (Wildman–Crippen LogP) is 1.50. The Bertz CT molecular complexity index is 496. The number of pyridine rings is 1. The number of hydrogen-bond donors (Lipinski definition) is 2. The van der Waals surface area contributed by atoms with Gasteiger partial charge in [0.1, 0.15) is 5.15 Å². The van der Waals surface area contributed by atoms with Gasteiger partial charge in [0.15, 0.2) is 0 Å². The van der Waals surface area contributed by atoms with Gasteiger partial charge in [-0.15, -0.1) is 0 Å². The van der Waals surface area contributed by atoms with E-state index in [1.165, 1.54) is 0 Å². The molecule has 6 heteroatoms. The number of halogens is 1. The molecule has 2 aromatic heterocycles. The van der Waals surface area contributed by atoms with E-state index >= 15 is 0 Å². The summed E-state index contributed by atoms with van der Waals surface area (Å²) < 4.78 is 1.85. The first kappa shape index (κ1) is 12.0. The second-order valence-corrected chi connectivity index (χ2v) is 4.03. The second-order valence-electron chi connectivity index (χ2n) is 3.64. The zero-order valence-electron chi connectivity index (χ0n) is 9.47. The molecule has 5 nitrogen and oxygen atoms in total. The highest BCUT2D eigenvalue weighted by Gasteiger charge is 2.14. The van der Waals surface area contributed by atoms with Crippen LogP contribution < -0.4 is 11.3 Å². The van der Waals surface area contributed by atoms with Crippen molar-refractivity contribution in [1.82, 2.24) is 20.2 Å². The molecule has 1 atom stereocenters. The third kappa shape index (κ3) is 2.63. The molecule has 0 aliphatic heterocycles. The molecule has 90 valence electrons. The molecule has 0 fully saturated rings. The van der Waals surface area contributed by atoms with Gasteiger partial charge in [0.05, 0.1) is 12.2 Å². The van der Waals surface area contributed by atoms with E-state index in [1.807, 2.05) is 23.9 Å². The maximum absolute atomic E-state index is 5.87. The van der Waals surface area contributed by atoms with E-state index in [4.69, 9.17) is 17.4 Å². The van der Waals surface area contributed by atoms with Gasteiger partial charge >= 0.3 is 0 Å². The summed E-state index contributed by atoms with van der Waals surface area (Å²) in [6, 6.07) is 3.53. The van der Waals surface area contributed by atoms with Crippen LogP contribution in [-0.4, -0.2) is 14.8 Å². The average Bonchev–Trinajstić information content (AvgIpc) is 2.79. The molecule has 0 bridgehead atoms. The largest absolute Gasteiger partial charge is 0.273 e. The Morgan fingerprint density at radius 2 is 2.35 bits per heavy atom. The van der Waals surface area contributed by atoms with Crippen LogP contribution in [0.1, 0.15) is 24.1 Å². The van der Waals surface area contributed by atoms with Gasteiger partial charge in [0, 0.05) is 24.5 Å². The number of nitrogens with zero attached hydrogens (tertiary/aromatic N) is 3. The Labute approximate surface area is 105 Å². The van der Waals surface area contributed by atoms with Gasteiger partial charge in [-0.3, -0.25) is 10.5 Å². The molecule has 0 saturated heterocycles. The van der Waals surface area contributed by atoms with Crippen molar-refractivity contribution in [3.8, 4) is 0 Å². The van der Waals surface area contributed by atoms with E-state index in [0.717, 1.165) is 17.7 Å². The number of aryl methyl sites for hydroxylation is 1. The molecule has 0 saturated carbocycles. The van der Waals surface area contributed by atoms with Gasteiger partial charge in [-0.05, 0) is 24.6 Å². The molecule has 2 heterocycles. The Morgan fingerprint density at radius 1 is 1.53 bits per heavy atom. The zero-order valence-corrected chi connectivity index (χ0v) is 10.2. The molecule has 0 aliphatic carbocycles. The van der Waals surface area contributed by atoms with Crippen LogP contribution in [0.5, 0.6) is 0 Å².